The molecule has 304 valence electrons. The third kappa shape index (κ3) is 10.0. The molecule has 6 aromatic rings. The van der Waals surface area contributed by atoms with E-state index in [0.29, 0.717) is 36.2 Å². The van der Waals surface area contributed by atoms with E-state index in [1.54, 1.807) is 22.2 Å². The van der Waals surface area contributed by atoms with Gasteiger partial charge in [-0.15, -0.1) is 24.8 Å². The highest BCUT2D eigenvalue weighted by Gasteiger charge is 2.30. The molecule has 2 fully saturated rings. The number of amides is 2. The summed E-state index contributed by atoms with van der Waals surface area (Å²) in [6.07, 6.45) is 9.68. The number of hydrogen-bond donors (Lipinski definition) is 4. The Kier molecular flexibility index (Phi) is 15.7. The van der Waals surface area contributed by atoms with E-state index in [4.69, 9.17) is 33.4 Å². The van der Waals surface area contributed by atoms with Gasteiger partial charge in [0.1, 0.15) is 37.3 Å². The second-order valence-electron chi connectivity index (χ2n) is 13.6. The minimum Gasteiger partial charge on any atom is -0.387 e. The number of aliphatic hydroxyl groups excluding tert-OH is 2. The van der Waals surface area contributed by atoms with Crippen LogP contribution in [-0.4, -0.2) is 112 Å². The SMILES string of the molecule is Cl.Cl.O=C(CO)N1CCC(c2[nH]nc(-c3ccc(Cl)cc3)c2-c2ccncn2)CC1.O=C(CO)N1CCC(c2[nH]nc(-c3ccc(Cl)cc3)c2-c2ccncn2)CC1. The van der Waals surface area contributed by atoms with E-state index in [-0.39, 0.29) is 48.5 Å². The number of piperidine rings is 2. The number of hydrogen-bond acceptors (Lipinski definition) is 10. The molecule has 0 atom stereocenters. The Morgan fingerprint density at radius 2 is 0.966 bits per heavy atom. The van der Waals surface area contributed by atoms with E-state index in [1.165, 1.54) is 12.7 Å². The van der Waals surface area contributed by atoms with Crippen LogP contribution in [0.1, 0.15) is 48.9 Å². The zero-order valence-corrected chi connectivity index (χ0v) is 34.3. The number of nitrogens with one attached hydrogen (secondary N) is 2. The van der Waals surface area contributed by atoms with E-state index in [2.05, 4.69) is 40.3 Å². The van der Waals surface area contributed by atoms with Crippen molar-refractivity contribution in [2.75, 3.05) is 39.4 Å². The van der Waals surface area contributed by atoms with Gasteiger partial charge < -0.3 is 20.0 Å². The van der Waals surface area contributed by atoms with Crippen LogP contribution in [0.5, 0.6) is 0 Å². The van der Waals surface area contributed by atoms with Crippen molar-refractivity contribution in [1.29, 1.82) is 0 Å². The van der Waals surface area contributed by atoms with Crippen molar-refractivity contribution in [3.63, 3.8) is 0 Å². The molecule has 2 amide bonds. The zero-order chi connectivity index (χ0) is 39.0. The van der Waals surface area contributed by atoms with Crippen LogP contribution in [0.4, 0.5) is 0 Å². The monoisotopic (exact) mass is 866 g/mol. The number of aliphatic hydroxyl groups is 2. The van der Waals surface area contributed by atoms with Crippen molar-refractivity contribution < 1.29 is 19.8 Å². The molecule has 0 radical (unpaired) electrons. The second-order valence-corrected chi connectivity index (χ2v) is 14.4. The van der Waals surface area contributed by atoms with Gasteiger partial charge in [0, 0.05) is 94.1 Å². The lowest BCUT2D eigenvalue weighted by atomic mass is 9.89. The number of halogens is 4. The summed E-state index contributed by atoms with van der Waals surface area (Å²) in [5.74, 6) is 0.00407. The van der Waals surface area contributed by atoms with Gasteiger partial charge in [-0.3, -0.25) is 19.8 Å². The molecule has 2 aliphatic rings. The van der Waals surface area contributed by atoms with Crippen LogP contribution < -0.4 is 0 Å². The fourth-order valence-corrected chi connectivity index (χ4v) is 7.62. The maximum absolute atomic E-state index is 11.7. The molecule has 14 nitrogen and oxygen atoms in total. The van der Waals surface area contributed by atoms with Crippen LogP contribution in [-0.2, 0) is 9.59 Å². The van der Waals surface area contributed by atoms with Gasteiger partial charge in [0.2, 0.25) is 11.8 Å². The quantitative estimate of drug-likeness (QED) is 0.130. The summed E-state index contributed by atoms with van der Waals surface area (Å²) >= 11 is 12.1. The maximum atomic E-state index is 11.7. The lowest BCUT2D eigenvalue weighted by molar-refractivity contribution is -0.135. The third-order valence-electron chi connectivity index (χ3n) is 10.3. The topological polar surface area (TPSA) is 190 Å². The Labute approximate surface area is 357 Å². The molecule has 4 aromatic heterocycles. The average Bonchev–Trinajstić information content (AvgIpc) is 3.91. The highest BCUT2D eigenvalue weighted by molar-refractivity contribution is 6.31. The molecule has 0 bridgehead atoms. The van der Waals surface area contributed by atoms with Crippen LogP contribution in [0.3, 0.4) is 0 Å². The molecule has 58 heavy (non-hydrogen) atoms. The number of aromatic nitrogens is 8. The molecule has 4 N–H and O–H groups in total. The zero-order valence-electron chi connectivity index (χ0n) is 31.2. The molecule has 2 aliphatic heterocycles. The van der Waals surface area contributed by atoms with Gasteiger partial charge in [-0.05, 0) is 62.1 Å². The minimum absolute atomic E-state index is 0. The predicted molar refractivity (Wildman–Crippen MR) is 226 cm³/mol. The third-order valence-corrected chi connectivity index (χ3v) is 10.8. The number of likely N-dealkylation sites (tertiary alicyclic amines) is 2. The normalized spacial score (nSPS) is 14.5. The average molecular weight is 869 g/mol. The molecular formula is C40H42Cl4N10O4. The van der Waals surface area contributed by atoms with Crippen molar-refractivity contribution in [2.45, 2.75) is 37.5 Å². The summed E-state index contributed by atoms with van der Waals surface area (Å²) in [6, 6.07) is 18.9. The first kappa shape index (κ1) is 44.1. The summed E-state index contributed by atoms with van der Waals surface area (Å²) in [5.41, 5.74) is 9.09. The number of benzene rings is 2. The van der Waals surface area contributed by atoms with E-state index in [9.17, 15) is 9.59 Å². The lowest BCUT2D eigenvalue weighted by Gasteiger charge is -2.31. The highest BCUT2D eigenvalue weighted by Crippen LogP contribution is 2.41. The first-order valence-electron chi connectivity index (χ1n) is 18.3. The summed E-state index contributed by atoms with van der Waals surface area (Å²) in [4.78, 5) is 43.8. The Hall–Kier alpha value is -4.96. The van der Waals surface area contributed by atoms with Crippen LogP contribution in [0.25, 0.3) is 45.0 Å². The fourth-order valence-electron chi connectivity index (χ4n) is 7.37. The van der Waals surface area contributed by atoms with Crippen molar-refractivity contribution in [3.8, 4) is 45.0 Å². The van der Waals surface area contributed by atoms with Crippen molar-refractivity contribution in [1.82, 2.24) is 50.1 Å². The van der Waals surface area contributed by atoms with Gasteiger partial charge in [-0.2, -0.15) is 10.2 Å². The van der Waals surface area contributed by atoms with Crippen molar-refractivity contribution in [3.05, 3.63) is 107 Å². The molecule has 0 aliphatic carbocycles. The molecule has 0 saturated carbocycles. The molecule has 2 aromatic carbocycles. The van der Waals surface area contributed by atoms with Crippen LogP contribution in [0.2, 0.25) is 10.0 Å². The van der Waals surface area contributed by atoms with Crippen LogP contribution >= 0.6 is 48.0 Å². The smallest absolute Gasteiger partial charge is 0.248 e. The summed E-state index contributed by atoms with van der Waals surface area (Å²) in [6.45, 7) is 1.57. The lowest BCUT2D eigenvalue weighted by Crippen LogP contribution is -2.39. The van der Waals surface area contributed by atoms with Gasteiger partial charge in [0.25, 0.3) is 0 Å². The van der Waals surface area contributed by atoms with Gasteiger partial charge in [-0.1, -0.05) is 47.5 Å². The first-order valence-corrected chi connectivity index (χ1v) is 19.1. The Balaban J connectivity index is 0.000000214. The number of nitrogens with zero attached hydrogens (tertiary/aromatic N) is 8. The molecule has 0 unspecified atom stereocenters. The predicted octanol–water partition coefficient (Wildman–Crippen LogP) is 6.61. The van der Waals surface area contributed by atoms with Crippen molar-refractivity contribution in [2.24, 2.45) is 0 Å². The number of rotatable bonds is 8. The number of carbonyl (C=O) groups excluding carboxylic acids is 2. The van der Waals surface area contributed by atoms with E-state index >= 15 is 0 Å². The molecule has 6 heterocycles. The van der Waals surface area contributed by atoms with Gasteiger partial charge in [0.05, 0.1) is 11.4 Å². The van der Waals surface area contributed by atoms with E-state index in [0.717, 1.165) is 82.1 Å². The summed E-state index contributed by atoms with van der Waals surface area (Å²) in [5, 5.41) is 35.1. The minimum atomic E-state index is -0.443. The summed E-state index contributed by atoms with van der Waals surface area (Å²) in [7, 11) is 0. The Morgan fingerprint density at radius 1 is 0.603 bits per heavy atom. The van der Waals surface area contributed by atoms with Gasteiger partial charge in [0.15, 0.2) is 0 Å². The number of aromatic amines is 2. The maximum Gasteiger partial charge on any atom is 0.248 e. The number of carbonyl (C=O) groups is 2. The number of H-pyrrole nitrogens is 2. The highest BCUT2D eigenvalue weighted by atomic mass is 35.5. The van der Waals surface area contributed by atoms with Crippen LogP contribution in [0.15, 0.2) is 85.7 Å². The molecule has 0 spiro atoms. The van der Waals surface area contributed by atoms with Crippen molar-refractivity contribution >= 4 is 59.8 Å². The molecule has 18 heteroatoms. The van der Waals surface area contributed by atoms with E-state index < -0.39 is 13.2 Å². The largest absolute Gasteiger partial charge is 0.387 e. The Bertz CT molecular complexity index is 2070. The van der Waals surface area contributed by atoms with E-state index in [1.807, 2.05) is 60.7 Å². The molecule has 2 saturated heterocycles. The van der Waals surface area contributed by atoms with Gasteiger partial charge in [-0.25, -0.2) is 19.9 Å². The summed E-state index contributed by atoms with van der Waals surface area (Å²) < 4.78 is 0. The molecular weight excluding hydrogens is 826 g/mol. The fraction of sp³-hybridized carbons (Fsp3) is 0.300. The first-order chi connectivity index (χ1) is 27.3. The Morgan fingerprint density at radius 3 is 1.28 bits per heavy atom. The molecule has 8 rings (SSSR count). The standard InChI is InChI=1S/2C20H20ClN5O2.2ClH/c2*21-15-3-1-13(2-4-15)19-18(16-5-8-22-12-23-16)20(25-24-19)14-6-9-26(10-7-14)17(28)11-27;;/h2*1-5,8,12,14,27H,6-7,9-11H2,(H,24,25);2*1H. The second kappa shape index (κ2) is 20.6. The van der Waals surface area contributed by atoms with Crippen LogP contribution in [0, 0.1) is 0 Å². The van der Waals surface area contributed by atoms with Gasteiger partial charge >= 0.3 is 0 Å².